The number of amides is 2. The Morgan fingerprint density at radius 2 is 2.05 bits per heavy atom. The lowest BCUT2D eigenvalue weighted by Gasteiger charge is -2.37. The van der Waals surface area contributed by atoms with E-state index in [-0.39, 0.29) is 18.6 Å². The van der Waals surface area contributed by atoms with Crippen LogP contribution in [0.4, 0.5) is 4.79 Å². The maximum absolute atomic E-state index is 12.2. The summed E-state index contributed by atoms with van der Waals surface area (Å²) in [7, 11) is 5.51. The minimum Gasteiger partial charge on any atom is -0.481 e. The van der Waals surface area contributed by atoms with Crippen molar-refractivity contribution in [2.75, 3.05) is 40.8 Å². The predicted octanol–water partition coefficient (Wildman–Crippen LogP) is 0.785. The smallest absolute Gasteiger partial charge is 0.319 e. The zero-order valence-electron chi connectivity index (χ0n) is 12.3. The van der Waals surface area contributed by atoms with Gasteiger partial charge in [0.15, 0.2) is 0 Å². The number of urea groups is 1. The number of likely N-dealkylation sites (N-methyl/N-ethyl adjacent to an activating group) is 2. The predicted molar refractivity (Wildman–Crippen MR) is 73.1 cm³/mol. The van der Waals surface area contributed by atoms with Gasteiger partial charge in [-0.15, -0.1) is 0 Å². The Balaban J connectivity index is 2.53. The van der Waals surface area contributed by atoms with Crippen molar-refractivity contribution in [3.63, 3.8) is 0 Å². The Kier molecular flexibility index (Phi) is 5.60. The van der Waals surface area contributed by atoms with Crippen LogP contribution in [0.5, 0.6) is 0 Å². The van der Waals surface area contributed by atoms with Crippen molar-refractivity contribution < 1.29 is 14.7 Å². The lowest BCUT2D eigenvalue weighted by molar-refractivity contribution is -0.141. The molecule has 1 rings (SSSR count). The summed E-state index contributed by atoms with van der Waals surface area (Å²) < 4.78 is 0. The van der Waals surface area contributed by atoms with Gasteiger partial charge < -0.3 is 19.8 Å². The molecule has 110 valence electrons. The highest BCUT2D eigenvalue weighted by atomic mass is 16.4. The Morgan fingerprint density at radius 1 is 1.42 bits per heavy atom. The quantitative estimate of drug-likeness (QED) is 0.821. The molecule has 6 nitrogen and oxygen atoms in total. The molecule has 6 heteroatoms. The standard InChI is InChI=1S/C13H25N3O3/c1-10(12(17)18)8-15(3)13(19)16(4)11-6-5-7-14(2)9-11/h10-11H,5-9H2,1-4H3,(H,17,18). The molecule has 1 fully saturated rings. The Hall–Kier alpha value is -1.30. The highest BCUT2D eigenvalue weighted by Crippen LogP contribution is 2.15. The van der Waals surface area contributed by atoms with Crippen LogP contribution in [0.1, 0.15) is 19.8 Å². The first-order chi connectivity index (χ1) is 8.82. The average Bonchev–Trinajstić information content (AvgIpc) is 2.36. The van der Waals surface area contributed by atoms with Crippen molar-refractivity contribution in [2.24, 2.45) is 5.92 Å². The number of carboxylic acids is 1. The summed E-state index contributed by atoms with van der Waals surface area (Å²) in [5.74, 6) is -1.42. The maximum Gasteiger partial charge on any atom is 0.319 e. The van der Waals surface area contributed by atoms with Crippen LogP contribution in [0.15, 0.2) is 0 Å². The van der Waals surface area contributed by atoms with Gasteiger partial charge in [-0.25, -0.2) is 4.79 Å². The van der Waals surface area contributed by atoms with E-state index in [9.17, 15) is 9.59 Å². The number of carbonyl (C=O) groups excluding carboxylic acids is 1. The largest absolute Gasteiger partial charge is 0.481 e. The number of rotatable bonds is 4. The van der Waals surface area contributed by atoms with Crippen LogP contribution in [0, 0.1) is 5.92 Å². The van der Waals surface area contributed by atoms with E-state index in [0.717, 1.165) is 25.9 Å². The summed E-state index contributed by atoms with van der Waals surface area (Å²) >= 11 is 0. The highest BCUT2D eigenvalue weighted by molar-refractivity contribution is 5.76. The first kappa shape index (κ1) is 15.8. The normalized spacial score (nSPS) is 21.8. The molecule has 2 amide bonds. The van der Waals surface area contributed by atoms with Gasteiger partial charge in [-0.2, -0.15) is 0 Å². The molecule has 19 heavy (non-hydrogen) atoms. The number of aliphatic carboxylic acids is 1. The van der Waals surface area contributed by atoms with Gasteiger partial charge in [-0.05, 0) is 26.4 Å². The topological polar surface area (TPSA) is 64.1 Å². The first-order valence-electron chi connectivity index (χ1n) is 6.72. The molecule has 0 radical (unpaired) electrons. The zero-order valence-corrected chi connectivity index (χ0v) is 12.3. The van der Waals surface area contributed by atoms with Crippen molar-refractivity contribution in [3.05, 3.63) is 0 Å². The monoisotopic (exact) mass is 271 g/mol. The number of likely N-dealkylation sites (tertiary alicyclic amines) is 1. The van der Waals surface area contributed by atoms with Crippen LogP contribution in [-0.2, 0) is 4.79 Å². The fourth-order valence-corrected chi connectivity index (χ4v) is 2.45. The molecule has 0 aromatic carbocycles. The minimum atomic E-state index is -0.875. The maximum atomic E-state index is 12.2. The lowest BCUT2D eigenvalue weighted by atomic mass is 10.1. The summed E-state index contributed by atoms with van der Waals surface area (Å²) in [5, 5.41) is 8.88. The van der Waals surface area contributed by atoms with Crippen LogP contribution in [0.25, 0.3) is 0 Å². The van der Waals surface area contributed by atoms with Gasteiger partial charge in [0.2, 0.25) is 0 Å². The van der Waals surface area contributed by atoms with Crippen molar-refractivity contribution in [3.8, 4) is 0 Å². The highest BCUT2D eigenvalue weighted by Gasteiger charge is 2.27. The van der Waals surface area contributed by atoms with E-state index in [0.29, 0.717) is 0 Å². The van der Waals surface area contributed by atoms with Crippen LogP contribution < -0.4 is 0 Å². The number of carbonyl (C=O) groups is 2. The number of nitrogens with zero attached hydrogens (tertiary/aromatic N) is 3. The van der Waals surface area contributed by atoms with E-state index in [1.165, 1.54) is 4.90 Å². The molecule has 1 saturated heterocycles. The van der Waals surface area contributed by atoms with Crippen LogP contribution in [-0.4, -0.2) is 78.6 Å². The van der Waals surface area contributed by atoms with E-state index >= 15 is 0 Å². The molecule has 2 unspecified atom stereocenters. The van der Waals surface area contributed by atoms with Gasteiger partial charge in [0.25, 0.3) is 0 Å². The fraction of sp³-hybridized carbons (Fsp3) is 0.846. The van der Waals surface area contributed by atoms with Crippen LogP contribution in [0.2, 0.25) is 0 Å². The Morgan fingerprint density at radius 3 is 2.58 bits per heavy atom. The summed E-state index contributed by atoms with van der Waals surface area (Å²) in [6, 6.07) is 0.113. The summed E-state index contributed by atoms with van der Waals surface area (Å²) in [6.07, 6.45) is 2.10. The molecule has 1 heterocycles. The third-order valence-corrected chi connectivity index (χ3v) is 3.74. The third kappa shape index (κ3) is 4.38. The van der Waals surface area contributed by atoms with Gasteiger partial charge in [0, 0.05) is 33.2 Å². The fourth-order valence-electron chi connectivity index (χ4n) is 2.45. The van der Waals surface area contributed by atoms with Crippen molar-refractivity contribution in [2.45, 2.75) is 25.8 Å². The number of carboxylic acid groups (broad SMARTS) is 1. The van der Waals surface area contributed by atoms with Gasteiger partial charge in [0.1, 0.15) is 0 Å². The molecule has 1 aliphatic heterocycles. The first-order valence-corrected chi connectivity index (χ1v) is 6.72. The van der Waals surface area contributed by atoms with Gasteiger partial charge in [-0.3, -0.25) is 4.79 Å². The molecule has 1 N–H and O–H groups in total. The van der Waals surface area contributed by atoms with Gasteiger partial charge in [-0.1, -0.05) is 6.92 Å². The van der Waals surface area contributed by atoms with Crippen LogP contribution in [0.3, 0.4) is 0 Å². The van der Waals surface area contributed by atoms with Crippen molar-refractivity contribution in [1.29, 1.82) is 0 Å². The molecule has 0 spiro atoms. The third-order valence-electron chi connectivity index (χ3n) is 3.74. The molecule has 2 atom stereocenters. The summed E-state index contributed by atoms with van der Waals surface area (Å²) in [5.41, 5.74) is 0. The second-order valence-electron chi connectivity index (χ2n) is 5.57. The molecule has 0 bridgehead atoms. The number of piperidine rings is 1. The molecule has 0 aliphatic carbocycles. The summed E-state index contributed by atoms with van der Waals surface area (Å²) in [4.78, 5) is 28.5. The minimum absolute atomic E-state index is 0.103. The average molecular weight is 271 g/mol. The van der Waals surface area contributed by atoms with Gasteiger partial charge in [0.05, 0.1) is 5.92 Å². The van der Waals surface area contributed by atoms with E-state index < -0.39 is 11.9 Å². The molecule has 0 saturated carbocycles. The lowest BCUT2D eigenvalue weighted by Crippen LogP contribution is -2.51. The molecule has 1 aliphatic rings. The summed E-state index contributed by atoms with van der Waals surface area (Å²) in [6.45, 7) is 3.80. The molecule has 0 aromatic rings. The van der Waals surface area contributed by atoms with E-state index in [1.807, 2.05) is 0 Å². The Bertz CT molecular complexity index is 335. The zero-order chi connectivity index (χ0) is 14.6. The van der Waals surface area contributed by atoms with Gasteiger partial charge >= 0.3 is 12.0 Å². The molecular weight excluding hydrogens is 246 g/mol. The molecule has 0 aromatic heterocycles. The number of hydrogen-bond donors (Lipinski definition) is 1. The second kappa shape index (κ2) is 6.75. The van der Waals surface area contributed by atoms with E-state index in [4.69, 9.17) is 5.11 Å². The number of hydrogen-bond acceptors (Lipinski definition) is 3. The molecular formula is C13H25N3O3. The van der Waals surface area contributed by atoms with Crippen molar-refractivity contribution >= 4 is 12.0 Å². The van der Waals surface area contributed by atoms with Crippen molar-refractivity contribution in [1.82, 2.24) is 14.7 Å². The van der Waals surface area contributed by atoms with E-state index in [1.54, 1.807) is 25.9 Å². The second-order valence-corrected chi connectivity index (χ2v) is 5.57. The van der Waals surface area contributed by atoms with Crippen LogP contribution >= 0.6 is 0 Å². The SMILES string of the molecule is CC(CN(C)C(=O)N(C)C1CCCN(C)C1)C(=O)O. The Labute approximate surface area is 115 Å². The van der Waals surface area contributed by atoms with E-state index in [2.05, 4.69) is 11.9 Å².